The summed E-state index contributed by atoms with van der Waals surface area (Å²) in [6.45, 7) is 11.4. The molecule has 0 radical (unpaired) electrons. The second kappa shape index (κ2) is 7.81. The van der Waals surface area contributed by atoms with E-state index < -0.39 is 5.60 Å². The van der Waals surface area contributed by atoms with Gasteiger partial charge in [0.1, 0.15) is 5.78 Å². The Morgan fingerprint density at radius 2 is 1.90 bits per heavy atom. The van der Waals surface area contributed by atoms with Gasteiger partial charge in [-0.2, -0.15) is 0 Å². The van der Waals surface area contributed by atoms with Crippen molar-refractivity contribution in [2.24, 2.45) is 40.4 Å². The number of rotatable bonds is 4. The van der Waals surface area contributed by atoms with Gasteiger partial charge in [-0.3, -0.25) is 4.79 Å². The Kier molecular flexibility index (Phi) is 6.20. The smallest absolute Gasteiger partial charge is 0.136 e. The lowest BCUT2D eigenvalue weighted by Crippen LogP contribution is -2.50. The maximum Gasteiger partial charge on any atom is 0.136 e. The van der Waals surface area contributed by atoms with Crippen LogP contribution >= 0.6 is 0 Å². The second-order valence-corrected chi connectivity index (χ2v) is 12.0. The molecule has 3 fully saturated rings. The summed E-state index contributed by atoms with van der Waals surface area (Å²) in [5, 5.41) is 10.2. The van der Waals surface area contributed by atoms with Crippen LogP contribution in [0.3, 0.4) is 0 Å². The summed E-state index contributed by atoms with van der Waals surface area (Å²) in [7, 11) is 0. The molecule has 2 heteroatoms. The SMILES string of the molecule is C.C[C@H](CCC(C)(C)O)C1CCC2C3CC=C4CC(=O)CC[C@]4(C)C3CC[C@@]21C. The summed E-state index contributed by atoms with van der Waals surface area (Å²) in [4.78, 5) is 12.0. The zero-order valence-electron chi connectivity index (χ0n) is 18.9. The van der Waals surface area contributed by atoms with E-state index in [-0.39, 0.29) is 7.43 Å². The Morgan fingerprint density at radius 3 is 2.59 bits per heavy atom. The molecule has 3 saturated carbocycles. The lowest BCUT2D eigenvalue weighted by Gasteiger charge is -2.58. The average Bonchev–Trinajstić information content (AvgIpc) is 2.97. The Balaban J connectivity index is 0.00000240. The number of hydrogen-bond acceptors (Lipinski definition) is 2. The quantitative estimate of drug-likeness (QED) is 0.516. The molecule has 0 bridgehead atoms. The number of carbonyl (C=O) groups is 1. The number of hydrogen-bond donors (Lipinski definition) is 1. The Labute approximate surface area is 179 Å². The van der Waals surface area contributed by atoms with Crippen molar-refractivity contribution < 1.29 is 9.90 Å². The minimum Gasteiger partial charge on any atom is -0.390 e. The first-order valence-electron chi connectivity index (χ1n) is 12.0. The van der Waals surface area contributed by atoms with Crippen molar-refractivity contribution in [1.82, 2.24) is 0 Å². The van der Waals surface area contributed by atoms with E-state index in [2.05, 4.69) is 26.8 Å². The Hall–Kier alpha value is -0.630. The molecule has 0 saturated heterocycles. The minimum absolute atomic E-state index is 0. The standard InChI is InChI=1S/C26H42O2.CH4/c1-17(10-13-24(2,3)28)21-8-9-22-20-7-6-18-16-19(27)11-14-25(18,4)23(20)12-15-26(21,22)5;/h6,17,20-23,28H,7-16H2,1-5H3;1H4/t17-,20?,21?,22?,23?,25+,26-;/m1./s1. The molecule has 0 heterocycles. The molecule has 4 aliphatic carbocycles. The molecule has 4 aliphatic rings. The van der Waals surface area contributed by atoms with Crippen LogP contribution < -0.4 is 0 Å². The number of fused-ring (bicyclic) bond motifs is 5. The van der Waals surface area contributed by atoms with Crippen molar-refractivity contribution >= 4 is 5.78 Å². The number of ketones is 1. The first kappa shape index (κ1) is 23.0. The van der Waals surface area contributed by atoms with E-state index >= 15 is 0 Å². The molecule has 29 heavy (non-hydrogen) atoms. The molecule has 0 aromatic heterocycles. The summed E-state index contributed by atoms with van der Waals surface area (Å²) >= 11 is 0. The number of carbonyl (C=O) groups excluding carboxylic acids is 1. The molecule has 0 aliphatic heterocycles. The molecule has 166 valence electrons. The van der Waals surface area contributed by atoms with Gasteiger partial charge >= 0.3 is 0 Å². The normalized spacial score (nSPS) is 42.8. The molecular weight excluding hydrogens is 356 g/mol. The van der Waals surface area contributed by atoms with E-state index in [1.165, 1.54) is 37.7 Å². The van der Waals surface area contributed by atoms with E-state index in [9.17, 15) is 9.90 Å². The summed E-state index contributed by atoms with van der Waals surface area (Å²) in [6.07, 6.45) is 13.9. The van der Waals surface area contributed by atoms with Crippen LogP contribution in [0.4, 0.5) is 0 Å². The maximum atomic E-state index is 12.0. The van der Waals surface area contributed by atoms with E-state index in [1.54, 1.807) is 0 Å². The van der Waals surface area contributed by atoms with Crippen LogP contribution in [0.15, 0.2) is 11.6 Å². The van der Waals surface area contributed by atoms with Gasteiger partial charge in [-0.15, -0.1) is 0 Å². The highest BCUT2D eigenvalue weighted by molar-refractivity contribution is 5.82. The average molecular weight is 403 g/mol. The van der Waals surface area contributed by atoms with Crippen molar-refractivity contribution in [1.29, 1.82) is 0 Å². The van der Waals surface area contributed by atoms with E-state index in [0.717, 1.165) is 55.8 Å². The molecule has 0 aromatic carbocycles. The monoisotopic (exact) mass is 402 g/mol. The van der Waals surface area contributed by atoms with E-state index in [0.29, 0.717) is 22.5 Å². The van der Waals surface area contributed by atoms with Gasteiger partial charge in [0.15, 0.2) is 0 Å². The van der Waals surface area contributed by atoms with Crippen LogP contribution in [0.1, 0.15) is 106 Å². The second-order valence-electron chi connectivity index (χ2n) is 12.0. The van der Waals surface area contributed by atoms with Gasteiger partial charge in [0.25, 0.3) is 0 Å². The molecule has 0 amide bonds. The maximum absolute atomic E-state index is 12.0. The lowest BCUT2D eigenvalue weighted by atomic mass is 9.47. The minimum atomic E-state index is -0.539. The lowest BCUT2D eigenvalue weighted by molar-refractivity contribution is -0.122. The molecule has 0 aromatic rings. The van der Waals surface area contributed by atoms with Crippen molar-refractivity contribution in [2.75, 3.05) is 0 Å². The highest BCUT2D eigenvalue weighted by Crippen LogP contribution is 2.67. The first-order chi connectivity index (χ1) is 13.0. The Morgan fingerprint density at radius 1 is 1.17 bits per heavy atom. The van der Waals surface area contributed by atoms with E-state index in [1.807, 2.05) is 13.8 Å². The highest BCUT2D eigenvalue weighted by atomic mass is 16.3. The largest absolute Gasteiger partial charge is 0.390 e. The van der Waals surface area contributed by atoms with Gasteiger partial charge in [-0.1, -0.05) is 39.8 Å². The topological polar surface area (TPSA) is 37.3 Å². The van der Waals surface area contributed by atoms with Crippen LogP contribution in [-0.2, 0) is 4.79 Å². The fourth-order valence-electron chi connectivity index (χ4n) is 8.23. The molecule has 2 nitrogen and oxygen atoms in total. The Bertz CT molecular complexity index is 656. The predicted molar refractivity (Wildman–Crippen MR) is 122 cm³/mol. The zero-order chi connectivity index (χ0) is 20.3. The van der Waals surface area contributed by atoms with Crippen LogP contribution in [-0.4, -0.2) is 16.5 Å². The van der Waals surface area contributed by atoms with Crippen molar-refractivity contribution in [3.8, 4) is 0 Å². The molecule has 4 rings (SSSR count). The van der Waals surface area contributed by atoms with Gasteiger partial charge in [-0.05, 0) is 106 Å². The van der Waals surface area contributed by atoms with Crippen molar-refractivity contribution in [2.45, 2.75) is 112 Å². The van der Waals surface area contributed by atoms with Gasteiger partial charge < -0.3 is 5.11 Å². The summed E-state index contributed by atoms with van der Waals surface area (Å²) < 4.78 is 0. The number of allylic oxidation sites excluding steroid dienone is 2. The van der Waals surface area contributed by atoms with Gasteiger partial charge in [0.2, 0.25) is 0 Å². The molecule has 1 N–H and O–H groups in total. The molecule has 4 unspecified atom stereocenters. The van der Waals surface area contributed by atoms with Crippen molar-refractivity contribution in [3.63, 3.8) is 0 Å². The third-order valence-corrected chi connectivity index (χ3v) is 9.91. The van der Waals surface area contributed by atoms with E-state index in [4.69, 9.17) is 0 Å². The van der Waals surface area contributed by atoms with Crippen LogP contribution in [0, 0.1) is 40.4 Å². The molecular formula is C27H46O2. The predicted octanol–water partition coefficient (Wildman–Crippen LogP) is 6.96. The number of aliphatic hydroxyl groups is 1. The highest BCUT2D eigenvalue weighted by Gasteiger charge is 2.59. The van der Waals surface area contributed by atoms with Crippen LogP contribution in [0.2, 0.25) is 0 Å². The first-order valence-corrected chi connectivity index (χ1v) is 12.0. The zero-order valence-corrected chi connectivity index (χ0v) is 18.9. The molecule has 7 atom stereocenters. The summed E-state index contributed by atoms with van der Waals surface area (Å²) in [5.74, 6) is 4.45. The van der Waals surface area contributed by atoms with Gasteiger partial charge in [0, 0.05) is 12.8 Å². The third kappa shape index (κ3) is 3.88. The van der Waals surface area contributed by atoms with Gasteiger partial charge in [0.05, 0.1) is 5.60 Å². The summed E-state index contributed by atoms with van der Waals surface area (Å²) in [6, 6.07) is 0. The van der Waals surface area contributed by atoms with Crippen LogP contribution in [0.5, 0.6) is 0 Å². The fraction of sp³-hybridized carbons (Fsp3) is 0.889. The third-order valence-electron chi connectivity index (χ3n) is 9.91. The number of Topliss-reactive ketones (excluding diaryl/α,β-unsaturated/α-hetero) is 1. The van der Waals surface area contributed by atoms with Crippen molar-refractivity contribution in [3.05, 3.63) is 11.6 Å². The summed E-state index contributed by atoms with van der Waals surface area (Å²) in [5.41, 5.74) is 1.72. The fourth-order valence-corrected chi connectivity index (χ4v) is 8.23. The van der Waals surface area contributed by atoms with Crippen LogP contribution in [0.25, 0.3) is 0 Å². The molecule has 0 spiro atoms. The van der Waals surface area contributed by atoms with Gasteiger partial charge in [-0.25, -0.2) is 0 Å².